The van der Waals surface area contributed by atoms with Crippen molar-refractivity contribution < 1.29 is 4.79 Å². The Labute approximate surface area is 151 Å². The Morgan fingerprint density at radius 3 is 2.36 bits per heavy atom. The standard InChI is InChI=1S/C21H17ClN2O/c1-14-10-12-15(13-11-14)24-20(16-6-2-4-8-18(16)22)23-19-9-5-3-7-17(19)21(24)25/h2-13,20,23H,1H3. The molecule has 25 heavy (non-hydrogen) atoms. The van der Waals surface area contributed by atoms with Crippen LogP contribution in [-0.2, 0) is 0 Å². The van der Waals surface area contributed by atoms with Crippen LogP contribution >= 0.6 is 11.6 Å². The molecule has 124 valence electrons. The molecule has 1 aliphatic heterocycles. The number of carbonyl (C=O) groups excluding carboxylic acids is 1. The number of nitrogens with one attached hydrogen (secondary N) is 1. The highest BCUT2D eigenvalue weighted by Gasteiger charge is 2.34. The minimum Gasteiger partial charge on any atom is -0.360 e. The number of fused-ring (bicyclic) bond motifs is 1. The predicted molar refractivity (Wildman–Crippen MR) is 102 cm³/mol. The number of carbonyl (C=O) groups is 1. The van der Waals surface area contributed by atoms with Gasteiger partial charge in [0.05, 0.1) is 5.56 Å². The molecule has 0 aromatic heterocycles. The maximum atomic E-state index is 13.2. The third-order valence-corrected chi connectivity index (χ3v) is 4.78. The average molecular weight is 349 g/mol. The van der Waals surface area contributed by atoms with Gasteiger partial charge >= 0.3 is 0 Å². The predicted octanol–water partition coefficient (Wildman–Crippen LogP) is 5.42. The zero-order chi connectivity index (χ0) is 17.4. The molecule has 1 heterocycles. The molecule has 3 nitrogen and oxygen atoms in total. The summed E-state index contributed by atoms with van der Waals surface area (Å²) in [5.74, 6) is -0.0388. The quantitative estimate of drug-likeness (QED) is 0.670. The molecule has 1 N–H and O–H groups in total. The van der Waals surface area contributed by atoms with Gasteiger partial charge in [0.1, 0.15) is 6.17 Å². The molecule has 1 unspecified atom stereocenters. The van der Waals surface area contributed by atoms with Crippen molar-refractivity contribution >= 4 is 28.9 Å². The molecule has 0 radical (unpaired) electrons. The number of para-hydroxylation sites is 1. The second kappa shape index (κ2) is 6.26. The first kappa shape index (κ1) is 15.7. The first-order valence-corrected chi connectivity index (χ1v) is 8.53. The second-order valence-corrected chi connectivity index (χ2v) is 6.53. The molecule has 0 saturated heterocycles. The number of nitrogens with zero attached hydrogens (tertiary/aromatic N) is 1. The van der Waals surface area contributed by atoms with Gasteiger partial charge in [-0.05, 0) is 37.3 Å². The summed E-state index contributed by atoms with van der Waals surface area (Å²) in [5.41, 5.74) is 4.33. The van der Waals surface area contributed by atoms with Crippen LogP contribution in [0.3, 0.4) is 0 Å². The summed E-state index contributed by atoms with van der Waals surface area (Å²) in [5, 5.41) is 4.10. The fourth-order valence-electron chi connectivity index (χ4n) is 3.14. The monoisotopic (exact) mass is 348 g/mol. The molecule has 3 aromatic carbocycles. The summed E-state index contributed by atoms with van der Waals surface area (Å²) in [6, 6.07) is 23.1. The van der Waals surface area contributed by atoms with Gasteiger partial charge in [-0.3, -0.25) is 9.69 Å². The lowest BCUT2D eigenvalue weighted by atomic mass is 10.0. The maximum absolute atomic E-state index is 13.2. The minimum atomic E-state index is -0.362. The van der Waals surface area contributed by atoms with E-state index in [9.17, 15) is 4.79 Å². The van der Waals surface area contributed by atoms with E-state index in [1.54, 1.807) is 4.90 Å². The van der Waals surface area contributed by atoms with Crippen LogP contribution in [0.4, 0.5) is 11.4 Å². The molecule has 0 bridgehead atoms. The van der Waals surface area contributed by atoms with Crippen LogP contribution in [-0.4, -0.2) is 5.91 Å². The lowest BCUT2D eigenvalue weighted by molar-refractivity contribution is 0.0975. The molecule has 4 heteroatoms. The minimum absolute atomic E-state index is 0.0388. The van der Waals surface area contributed by atoms with Crippen LogP contribution in [0.2, 0.25) is 5.02 Å². The largest absolute Gasteiger partial charge is 0.360 e. The van der Waals surface area contributed by atoms with Crippen LogP contribution in [0.5, 0.6) is 0 Å². The topological polar surface area (TPSA) is 32.3 Å². The summed E-state index contributed by atoms with van der Waals surface area (Å²) >= 11 is 6.43. The third-order valence-electron chi connectivity index (χ3n) is 4.44. The van der Waals surface area contributed by atoms with Gasteiger partial charge in [-0.25, -0.2) is 0 Å². The van der Waals surface area contributed by atoms with Crippen LogP contribution in [0, 0.1) is 6.92 Å². The number of halogens is 1. The first-order valence-electron chi connectivity index (χ1n) is 8.15. The van der Waals surface area contributed by atoms with E-state index < -0.39 is 0 Å². The van der Waals surface area contributed by atoms with Crippen molar-refractivity contribution in [2.75, 3.05) is 10.2 Å². The fraction of sp³-hybridized carbons (Fsp3) is 0.0952. The van der Waals surface area contributed by atoms with E-state index in [1.165, 1.54) is 0 Å². The summed E-state index contributed by atoms with van der Waals surface area (Å²) in [4.78, 5) is 15.0. The fourth-order valence-corrected chi connectivity index (χ4v) is 3.38. The smallest absolute Gasteiger partial charge is 0.262 e. The van der Waals surface area contributed by atoms with Crippen molar-refractivity contribution in [3.8, 4) is 0 Å². The number of benzene rings is 3. The summed E-state index contributed by atoms with van der Waals surface area (Å²) in [7, 11) is 0. The van der Waals surface area contributed by atoms with E-state index in [0.717, 1.165) is 22.5 Å². The molecular weight excluding hydrogens is 332 g/mol. The summed E-state index contributed by atoms with van der Waals surface area (Å²) in [6.07, 6.45) is -0.362. The second-order valence-electron chi connectivity index (χ2n) is 6.12. The number of anilines is 2. The van der Waals surface area contributed by atoms with E-state index in [4.69, 9.17) is 11.6 Å². The molecular formula is C21H17ClN2O. The SMILES string of the molecule is Cc1ccc(N2C(=O)c3ccccc3NC2c2ccccc2Cl)cc1. The Hall–Kier alpha value is -2.78. The number of aryl methyl sites for hydroxylation is 1. The van der Waals surface area contributed by atoms with Crippen LogP contribution < -0.4 is 10.2 Å². The lowest BCUT2D eigenvalue weighted by Crippen LogP contribution is -2.43. The van der Waals surface area contributed by atoms with Gasteiger partial charge in [0, 0.05) is 22.0 Å². The van der Waals surface area contributed by atoms with E-state index >= 15 is 0 Å². The highest BCUT2D eigenvalue weighted by atomic mass is 35.5. The number of amides is 1. The highest BCUT2D eigenvalue weighted by Crippen LogP contribution is 2.38. The molecule has 0 spiro atoms. The number of rotatable bonds is 2. The van der Waals surface area contributed by atoms with E-state index in [1.807, 2.05) is 79.7 Å². The number of hydrogen-bond acceptors (Lipinski definition) is 2. The third kappa shape index (κ3) is 2.77. The highest BCUT2D eigenvalue weighted by molar-refractivity contribution is 6.31. The molecule has 3 aromatic rings. The van der Waals surface area contributed by atoms with E-state index in [-0.39, 0.29) is 12.1 Å². The van der Waals surface area contributed by atoms with Gasteiger partial charge in [-0.1, -0.05) is 59.6 Å². The number of hydrogen-bond donors (Lipinski definition) is 1. The lowest BCUT2D eigenvalue weighted by Gasteiger charge is -2.38. The van der Waals surface area contributed by atoms with Crippen molar-refractivity contribution in [2.45, 2.75) is 13.1 Å². The van der Waals surface area contributed by atoms with Crippen molar-refractivity contribution in [3.05, 3.63) is 94.5 Å². The Bertz CT molecular complexity index is 937. The van der Waals surface area contributed by atoms with Crippen molar-refractivity contribution in [1.29, 1.82) is 0 Å². The van der Waals surface area contributed by atoms with E-state index in [2.05, 4.69) is 5.32 Å². The molecule has 1 aliphatic rings. The van der Waals surface area contributed by atoms with Crippen molar-refractivity contribution in [1.82, 2.24) is 0 Å². The Morgan fingerprint density at radius 2 is 1.60 bits per heavy atom. The van der Waals surface area contributed by atoms with Crippen molar-refractivity contribution in [2.24, 2.45) is 0 Å². The molecule has 1 amide bonds. The molecule has 0 fully saturated rings. The van der Waals surface area contributed by atoms with Crippen LogP contribution in [0.15, 0.2) is 72.8 Å². The molecule has 0 aliphatic carbocycles. The van der Waals surface area contributed by atoms with Crippen molar-refractivity contribution in [3.63, 3.8) is 0 Å². The van der Waals surface area contributed by atoms with Gasteiger partial charge in [0.15, 0.2) is 0 Å². The normalized spacial score (nSPS) is 16.3. The van der Waals surface area contributed by atoms with Gasteiger partial charge in [0.25, 0.3) is 5.91 Å². The molecule has 4 rings (SSSR count). The van der Waals surface area contributed by atoms with E-state index in [0.29, 0.717) is 10.6 Å². The van der Waals surface area contributed by atoms with Gasteiger partial charge < -0.3 is 5.32 Å². The summed E-state index contributed by atoms with van der Waals surface area (Å²) < 4.78 is 0. The first-order chi connectivity index (χ1) is 12.1. The van der Waals surface area contributed by atoms with Crippen LogP contribution in [0.1, 0.15) is 27.7 Å². The van der Waals surface area contributed by atoms with Gasteiger partial charge in [0.2, 0.25) is 0 Å². The average Bonchev–Trinajstić information content (AvgIpc) is 2.63. The zero-order valence-electron chi connectivity index (χ0n) is 13.7. The zero-order valence-corrected chi connectivity index (χ0v) is 14.5. The van der Waals surface area contributed by atoms with Gasteiger partial charge in [-0.2, -0.15) is 0 Å². The summed E-state index contributed by atoms with van der Waals surface area (Å²) in [6.45, 7) is 2.03. The van der Waals surface area contributed by atoms with Crippen LogP contribution in [0.25, 0.3) is 0 Å². The Morgan fingerprint density at radius 1 is 0.920 bits per heavy atom. The van der Waals surface area contributed by atoms with Gasteiger partial charge in [-0.15, -0.1) is 0 Å². The molecule has 0 saturated carbocycles. The Balaban J connectivity index is 1.89. The molecule has 1 atom stereocenters. The Kier molecular flexibility index (Phi) is 3.94. The maximum Gasteiger partial charge on any atom is 0.262 e.